The third-order valence-electron chi connectivity index (χ3n) is 4.38. The molecule has 1 N–H and O–H groups in total. The predicted molar refractivity (Wildman–Crippen MR) is 72.7 cm³/mol. The van der Waals surface area contributed by atoms with Crippen molar-refractivity contribution in [2.75, 3.05) is 0 Å². The minimum Gasteiger partial charge on any atom is -0.481 e. The number of nitrogens with zero attached hydrogens (tertiary/aromatic N) is 1. The number of hydrogen-bond donors (Lipinski definition) is 1. The van der Waals surface area contributed by atoms with Gasteiger partial charge in [-0.15, -0.1) is 0 Å². The Hall–Kier alpha value is -1.47. The van der Waals surface area contributed by atoms with Crippen LogP contribution in [0.1, 0.15) is 24.8 Å². The number of hydrogen-bond acceptors (Lipinski definition) is 3. The van der Waals surface area contributed by atoms with Gasteiger partial charge in [0.1, 0.15) is 5.82 Å². The lowest BCUT2D eigenvalue weighted by Gasteiger charge is -2.22. The molecule has 2 bridgehead atoms. The molecule has 0 saturated carbocycles. The molecule has 1 aromatic rings. The maximum absolute atomic E-state index is 13.5. The minimum absolute atomic E-state index is 0.0945. The topological polar surface area (TPSA) is 74.7 Å². The molecule has 7 heteroatoms. The molecule has 0 aromatic heterocycles. The maximum atomic E-state index is 13.5. The Bertz CT molecular complexity index is 683. The van der Waals surface area contributed by atoms with Gasteiger partial charge in [0.15, 0.2) is 0 Å². The summed E-state index contributed by atoms with van der Waals surface area (Å²) in [6.45, 7) is 1.63. The van der Waals surface area contributed by atoms with Crippen LogP contribution in [-0.4, -0.2) is 35.9 Å². The Labute approximate surface area is 122 Å². The van der Waals surface area contributed by atoms with E-state index < -0.39 is 33.8 Å². The zero-order valence-electron chi connectivity index (χ0n) is 11.5. The van der Waals surface area contributed by atoms with Crippen molar-refractivity contribution >= 4 is 16.0 Å². The third kappa shape index (κ3) is 2.24. The zero-order chi connectivity index (χ0) is 15.4. The van der Waals surface area contributed by atoms with Crippen molar-refractivity contribution in [3.8, 4) is 0 Å². The molecule has 2 aliphatic heterocycles. The number of carboxylic acid groups (broad SMARTS) is 1. The first-order valence-electron chi connectivity index (χ1n) is 6.84. The maximum Gasteiger partial charge on any atom is 0.308 e. The molecule has 0 radical (unpaired) electrons. The molecule has 2 saturated heterocycles. The van der Waals surface area contributed by atoms with Gasteiger partial charge in [0.2, 0.25) is 10.0 Å². The number of aryl methyl sites for hydroxylation is 1. The van der Waals surface area contributed by atoms with Crippen LogP contribution >= 0.6 is 0 Å². The fourth-order valence-corrected chi connectivity index (χ4v) is 5.58. The largest absolute Gasteiger partial charge is 0.481 e. The molecule has 3 unspecified atom stereocenters. The molecular weight excluding hydrogens is 297 g/mol. The summed E-state index contributed by atoms with van der Waals surface area (Å²) in [7, 11) is -3.86. The van der Waals surface area contributed by atoms with E-state index in [4.69, 9.17) is 0 Å². The fourth-order valence-electron chi connectivity index (χ4n) is 3.55. The van der Waals surface area contributed by atoms with Crippen molar-refractivity contribution in [2.45, 2.75) is 43.2 Å². The first-order chi connectivity index (χ1) is 9.80. The van der Waals surface area contributed by atoms with Gasteiger partial charge in [-0.05, 0) is 49.9 Å². The summed E-state index contributed by atoms with van der Waals surface area (Å²) in [4.78, 5) is 11.1. The lowest BCUT2D eigenvalue weighted by atomic mass is 9.89. The van der Waals surface area contributed by atoms with Gasteiger partial charge in [0.25, 0.3) is 0 Å². The Morgan fingerprint density at radius 3 is 2.62 bits per heavy atom. The normalized spacial score (nSPS) is 29.0. The second kappa shape index (κ2) is 4.78. The van der Waals surface area contributed by atoms with Gasteiger partial charge in [-0.2, -0.15) is 4.31 Å². The molecule has 0 amide bonds. The van der Waals surface area contributed by atoms with Crippen molar-refractivity contribution in [1.82, 2.24) is 4.31 Å². The van der Waals surface area contributed by atoms with Gasteiger partial charge >= 0.3 is 5.97 Å². The minimum atomic E-state index is -3.86. The summed E-state index contributed by atoms with van der Waals surface area (Å²) in [5, 5.41) is 9.20. The van der Waals surface area contributed by atoms with Crippen LogP contribution in [0.15, 0.2) is 23.1 Å². The Morgan fingerprint density at radius 2 is 2.05 bits per heavy atom. The SMILES string of the molecule is Cc1cc(F)cc(S(=O)(=O)N2C3CCC2C(C(=O)O)C3)c1. The monoisotopic (exact) mass is 313 g/mol. The molecule has 3 atom stereocenters. The summed E-state index contributed by atoms with van der Waals surface area (Å²) >= 11 is 0. The zero-order valence-corrected chi connectivity index (χ0v) is 12.3. The molecule has 2 aliphatic rings. The van der Waals surface area contributed by atoms with E-state index in [0.717, 1.165) is 6.07 Å². The van der Waals surface area contributed by atoms with Crippen LogP contribution in [0.5, 0.6) is 0 Å². The molecule has 0 spiro atoms. The molecule has 2 fully saturated rings. The quantitative estimate of drug-likeness (QED) is 0.922. The standard InChI is InChI=1S/C14H16FNO4S/c1-8-4-9(15)6-11(5-8)21(19,20)16-10-2-3-13(16)12(7-10)14(17)18/h4-6,10,12-13H,2-3,7H2,1H3,(H,17,18). The van der Waals surface area contributed by atoms with Crippen molar-refractivity contribution in [3.63, 3.8) is 0 Å². The van der Waals surface area contributed by atoms with E-state index in [9.17, 15) is 22.7 Å². The smallest absolute Gasteiger partial charge is 0.308 e. The van der Waals surface area contributed by atoms with E-state index in [1.165, 1.54) is 16.4 Å². The number of halogens is 1. The number of sulfonamides is 1. The van der Waals surface area contributed by atoms with E-state index in [0.29, 0.717) is 24.8 Å². The fraction of sp³-hybridized carbons (Fsp3) is 0.500. The molecule has 3 rings (SSSR count). The van der Waals surface area contributed by atoms with Crippen LogP contribution in [-0.2, 0) is 14.8 Å². The Kier molecular flexibility index (Phi) is 3.29. The van der Waals surface area contributed by atoms with Gasteiger partial charge in [0.05, 0.1) is 10.8 Å². The second-order valence-electron chi connectivity index (χ2n) is 5.78. The second-order valence-corrected chi connectivity index (χ2v) is 7.62. The van der Waals surface area contributed by atoms with E-state index in [1.807, 2.05) is 0 Å². The number of carboxylic acids is 1. The average Bonchev–Trinajstić information content (AvgIpc) is 2.95. The van der Waals surface area contributed by atoms with Crippen molar-refractivity contribution in [3.05, 3.63) is 29.6 Å². The molecule has 0 aliphatic carbocycles. The van der Waals surface area contributed by atoms with E-state index in [1.54, 1.807) is 6.92 Å². The van der Waals surface area contributed by atoms with E-state index in [2.05, 4.69) is 0 Å². The number of carbonyl (C=O) groups is 1. The van der Waals surface area contributed by atoms with Crippen LogP contribution in [0.25, 0.3) is 0 Å². The van der Waals surface area contributed by atoms with Gasteiger partial charge in [-0.3, -0.25) is 4.79 Å². The summed E-state index contributed by atoms with van der Waals surface area (Å²) in [5.74, 6) is -2.22. The summed E-state index contributed by atoms with van der Waals surface area (Å²) in [6.07, 6.45) is 1.56. The highest BCUT2D eigenvalue weighted by Crippen LogP contribution is 2.45. The summed E-state index contributed by atoms with van der Waals surface area (Å²) < 4.78 is 40.2. The average molecular weight is 313 g/mol. The van der Waals surface area contributed by atoms with Gasteiger partial charge in [-0.1, -0.05) is 0 Å². The van der Waals surface area contributed by atoms with E-state index >= 15 is 0 Å². The first kappa shape index (κ1) is 14.5. The highest BCUT2D eigenvalue weighted by Gasteiger charge is 2.54. The highest BCUT2D eigenvalue weighted by atomic mass is 32.2. The Balaban J connectivity index is 2.01. The van der Waals surface area contributed by atoms with Crippen molar-refractivity contribution in [2.24, 2.45) is 5.92 Å². The van der Waals surface area contributed by atoms with Crippen LogP contribution in [0.2, 0.25) is 0 Å². The number of benzene rings is 1. The lowest BCUT2D eigenvalue weighted by Crippen LogP contribution is -2.37. The number of aliphatic carboxylic acids is 1. The summed E-state index contributed by atoms with van der Waals surface area (Å²) in [6, 6.07) is 2.88. The predicted octanol–water partition coefficient (Wildman–Crippen LogP) is 1.76. The molecule has 21 heavy (non-hydrogen) atoms. The molecule has 114 valence electrons. The molecule has 5 nitrogen and oxygen atoms in total. The lowest BCUT2D eigenvalue weighted by molar-refractivity contribution is -0.142. The molecular formula is C14H16FNO4S. The Morgan fingerprint density at radius 1 is 1.33 bits per heavy atom. The third-order valence-corrected chi connectivity index (χ3v) is 6.34. The van der Waals surface area contributed by atoms with Crippen LogP contribution in [0.4, 0.5) is 4.39 Å². The van der Waals surface area contributed by atoms with Gasteiger partial charge < -0.3 is 5.11 Å². The van der Waals surface area contributed by atoms with Crippen molar-refractivity contribution < 1.29 is 22.7 Å². The van der Waals surface area contributed by atoms with Crippen LogP contribution in [0, 0.1) is 18.7 Å². The van der Waals surface area contributed by atoms with Gasteiger partial charge in [0, 0.05) is 12.1 Å². The highest BCUT2D eigenvalue weighted by molar-refractivity contribution is 7.89. The van der Waals surface area contributed by atoms with Crippen molar-refractivity contribution in [1.29, 1.82) is 0 Å². The molecule has 1 aromatic carbocycles. The first-order valence-corrected chi connectivity index (χ1v) is 8.28. The number of fused-ring (bicyclic) bond motifs is 2. The van der Waals surface area contributed by atoms with Crippen LogP contribution in [0.3, 0.4) is 0 Å². The van der Waals surface area contributed by atoms with E-state index in [-0.39, 0.29) is 10.9 Å². The van der Waals surface area contributed by atoms with Crippen LogP contribution < -0.4 is 0 Å². The molecule has 2 heterocycles. The van der Waals surface area contributed by atoms with Gasteiger partial charge in [-0.25, -0.2) is 12.8 Å². The summed E-state index contributed by atoms with van der Waals surface area (Å²) in [5.41, 5.74) is 0.523. The number of rotatable bonds is 3.